The molecule has 0 amide bonds. The van der Waals surface area contributed by atoms with Crippen LogP contribution in [0.3, 0.4) is 0 Å². The summed E-state index contributed by atoms with van der Waals surface area (Å²) < 4.78 is 0. The molecular weight excluding hydrogens is 272 g/mol. The lowest BCUT2D eigenvalue weighted by atomic mass is 9.55. The van der Waals surface area contributed by atoms with Gasteiger partial charge in [0.1, 0.15) is 5.75 Å². The fourth-order valence-corrected chi connectivity index (χ4v) is 6.08. The van der Waals surface area contributed by atoms with Gasteiger partial charge in [0.25, 0.3) is 0 Å². The molecule has 5 atom stereocenters. The van der Waals surface area contributed by atoms with Crippen LogP contribution in [0.25, 0.3) is 0 Å². The minimum atomic E-state index is -0.0923. The first-order valence-electron chi connectivity index (χ1n) is 9.07. The van der Waals surface area contributed by atoms with Gasteiger partial charge in [-0.1, -0.05) is 13.8 Å². The first-order valence-corrected chi connectivity index (χ1v) is 9.07. The van der Waals surface area contributed by atoms with Crippen LogP contribution in [0.5, 0.6) is 5.75 Å². The molecule has 120 valence electrons. The molecule has 0 aliphatic heterocycles. The standard InChI is InChI=1S/C20H28O2/c1-3-12-10-14(21)11-13-4-5-15-16(19(12)13)8-9-20(2)17(15)6-7-18(20)22/h10-11,15-18,21-22H,3-9H2,1-2H3/t15-,16+,17+,18+,20+/m1/s1. The van der Waals surface area contributed by atoms with Gasteiger partial charge >= 0.3 is 0 Å². The summed E-state index contributed by atoms with van der Waals surface area (Å²) in [6, 6.07) is 3.99. The summed E-state index contributed by atoms with van der Waals surface area (Å²) in [7, 11) is 0. The molecule has 2 nitrogen and oxygen atoms in total. The van der Waals surface area contributed by atoms with E-state index < -0.39 is 0 Å². The van der Waals surface area contributed by atoms with E-state index >= 15 is 0 Å². The summed E-state index contributed by atoms with van der Waals surface area (Å²) in [4.78, 5) is 0. The zero-order valence-electron chi connectivity index (χ0n) is 13.8. The van der Waals surface area contributed by atoms with E-state index in [0.717, 1.165) is 31.6 Å². The molecule has 1 aromatic rings. The number of aliphatic hydroxyl groups excluding tert-OH is 1. The first kappa shape index (κ1) is 14.6. The zero-order chi connectivity index (χ0) is 15.5. The normalized spacial score (nSPS) is 40.0. The third kappa shape index (κ3) is 1.89. The highest BCUT2D eigenvalue weighted by molar-refractivity contribution is 5.46. The quantitative estimate of drug-likeness (QED) is 0.817. The van der Waals surface area contributed by atoms with Gasteiger partial charge in [-0.3, -0.25) is 0 Å². The Morgan fingerprint density at radius 2 is 2.00 bits per heavy atom. The second-order valence-electron chi connectivity index (χ2n) is 8.08. The highest BCUT2D eigenvalue weighted by Gasteiger charge is 2.54. The lowest BCUT2D eigenvalue weighted by Gasteiger charge is -2.50. The number of rotatable bonds is 1. The number of phenolic OH excluding ortho intramolecular Hbond substituents is 1. The van der Waals surface area contributed by atoms with E-state index in [0.29, 0.717) is 17.6 Å². The van der Waals surface area contributed by atoms with Crippen LogP contribution in [0.2, 0.25) is 0 Å². The van der Waals surface area contributed by atoms with Gasteiger partial charge in [0.15, 0.2) is 0 Å². The maximum Gasteiger partial charge on any atom is 0.116 e. The van der Waals surface area contributed by atoms with Gasteiger partial charge in [-0.25, -0.2) is 0 Å². The van der Waals surface area contributed by atoms with Crippen LogP contribution in [0.15, 0.2) is 12.1 Å². The van der Waals surface area contributed by atoms with E-state index in [1.807, 2.05) is 12.1 Å². The van der Waals surface area contributed by atoms with Gasteiger partial charge in [0.2, 0.25) is 0 Å². The van der Waals surface area contributed by atoms with Crippen LogP contribution in [-0.2, 0) is 12.8 Å². The predicted octanol–water partition coefficient (Wildman–Crippen LogP) is 4.17. The summed E-state index contributed by atoms with van der Waals surface area (Å²) in [5.74, 6) is 2.51. The van der Waals surface area contributed by atoms with E-state index in [2.05, 4.69) is 13.8 Å². The summed E-state index contributed by atoms with van der Waals surface area (Å²) in [5.41, 5.74) is 4.45. The Kier molecular flexibility index (Phi) is 3.30. The molecule has 0 aromatic heterocycles. The molecule has 0 unspecified atom stereocenters. The molecule has 0 radical (unpaired) electrons. The molecule has 0 heterocycles. The molecule has 1 aromatic carbocycles. The SMILES string of the molecule is CCc1cc(O)cc2c1[C@H]1CC[C@]3(C)[C@@H](O)CC[C@H]3[C@@H]1CC2. The number of benzene rings is 1. The van der Waals surface area contributed by atoms with Crippen molar-refractivity contribution in [2.24, 2.45) is 17.3 Å². The van der Waals surface area contributed by atoms with E-state index in [4.69, 9.17) is 0 Å². The van der Waals surface area contributed by atoms with Gasteiger partial charge < -0.3 is 10.2 Å². The Morgan fingerprint density at radius 1 is 1.18 bits per heavy atom. The molecule has 0 spiro atoms. The molecule has 2 fully saturated rings. The molecule has 2 N–H and O–H groups in total. The van der Waals surface area contributed by atoms with Gasteiger partial charge in [-0.2, -0.15) is 0 Å². The molecule has 22 heavy (non-hydrogen) atoms. The molecule has 3 aliphatic carbocycles. The Morgan fingerprint density at radius 3 is 2.77 bits per heavy atom. The summed E-state index contributed by atoms with van der Waals surface area (Å²) in [6.45, 7) is 4.53. The molecule has 0 bridgehead atoms. The van der Waals surface area contributed by atoms with Crippen LogP contribution < -0.4 is 0 Å². The largest absolute Gasteiger partial charge is 0.508 e. The molecule has 3 aliphatic rings. The van der Waals surface area contributed by atoms with Crippen LogP contribution >= 0.6 is 0 Å². The first-order chi connectivity index (χ1) is 10.5. The van der Waals surface area contributed by atoms with Crippen molar-refractivity contribution in [2.45, 2.75) is 70.8 Å². The van der Waals surface area contributed by atoms with Crippen LogP contribution in [0.1, 0.15) is 68.6 Å². The summed E-state index contributed by atoms with van der Waals surface area (Å²) >= 11 is 0. The number of aromatic hydroxyl groups is 1. The number of hydrogen-bond acceptors (Lipinski definition) is 2. The van der Waals surface area contributed by atoms with Crippen molar-refractivity contribution in [3.63, 3.8) is 0 Å². The fourth-order valence-electron chi connectivity index (χ4n) is 6.08. The topological polar surface area (TPSA) is 40.5 Å². The van der Waals surface area contributed by atoms with Crippen molar-refractivity contribution in [3.8, 4) is 5.75 Å². The molecule has 0 saturated heterocycles. The third-order valence-electron chi connectivity index (χ3n) is 7.22. The number of phenols is 1. The zero-order valence-corrected chi connectivity index (χ0v) is 13.8. The van der Waals surface area contributed by atoms with Crippen molar-refractivity contribution in [2.75, 3.05) is 0 Å². The van der Waals surface area contributed by atoms with Crippen molar-refractivity contribution in [3.05, 3.63) is 28.8 Å². The van der Waals surface area contributed by atoms with Gasteiger partial charge in [0, 0.05) is 0 Å². The van der Waals surface area contributed by atoms with Crippen molar-refractivity contribution < 1.29 is 10.2 Å². The highest BCUT2D eigenvalue weighted by atomic mass is 16.3. The lowest BCUT2D eigenvalue weighted by Crippen LogP contribution is -2.44. The summed E-state index contributed by atoms with van der Waals surface area (Å²) in [5, 5.41) is 20.5. The maximum atomic E-state index is 10.5. The van der Waals surface area contributed by atoms with Gasteiger partial charge in [-0.15, -0.1) is 0 Å². The van der Waals surface area contributed by atoms with Crippen molar-refractivity contribution in [1.29, 1.82) is 0 Å². The average Bonchev–Trinajstić information content (AvgIpc) is 2.81. The molecule has 2 heteroatoms. The Bertz CT molecular complexity index is 576. The number of aliphatic hydroxyl groups is 1. The van der Waals surface area contributed by atoms with Crippen LogP contribution in [0, 0.1) is 17.3 Å². The number of aryl methyl sites for hydroxylation is 2. The van der Waals surface area contributed by atoms with E-state index in [1.54, 1.807) is 5.56 Å². The number of hydrogen-bond donors (Lipinski definition) is 2. The van der Waals surface area contributed by atoms with E-state index in [1.165, 1.54) is 30.4 Å². The molecule has 4 rings (SSSR count). The average molecular weight is 300 g/mol. The minimum absolute atomic E-state index is 0.0923. The van der Waals surface area contributed by atoms with Crippen LogP contribution in [-0.4, -0.2) is 16.3 Å². The second-order valence-corrected chi connectivity index (χ2v) is 8.08. The van der Waals surface area contributed by atoms with Gasteiger partial charge in [-0.05, 0) is 96.9 Å². The minimum Gasteiger partial charge on any atom is -0.508 e. The Balaban J connectivity index is 1.76. The van der Waals surface area contributed by atoms with Crippen LogP contribution in [0.4, 0.5) is 0 Å². The third-order valence-corrected chi connectivity index (χ3v) is 7.22. The van der Waals surface area contributed by atoms with Gasteiger partial charge in [0.05, 0.1) is 6.10 Å². The molecule has 2 saturated carbocycles. The summed E-state index contributed by atoms with van der Waals surface area (Å²) in [6.07, 6.45) is 7.80. The van der Waals surface area contributed by atoms with E-state index in [9.17, 15) is 10.2 Å². The number of fused-ring (bicyclic) bond motifs is 5. The predicted molar refractivity (Wildman–Crippen MR) is 88.1 cm³/mol. The van der Waals surface area contributed by atoms with Crippen molar-refractivity contribution >= 4 is 0 Å². The smallest absolute Gasteiger partial charge is 0.116 e. The second kappa shape index (κ2) is 4.99. The Hall–Kier alpha value is -1.02. The lowest BCUT2D eigenvalue weighted by molar-refractivity contribution is -0.0227. The van der Waals surface area contributed by atoms with E-state index in [-0.39, 0.29) is 11.5 Å². The maximum absolute atomic E-state index is 10.5. The molecular formula is C20H28O2. The Labute approximate surface area is 133 Å². The monoisotopic (exact) mass is 300 g/mol. The van der Waals surface area contributed by atoms with Crippen molar-refractivity contribution in [1.82, 2.24) is 0 Å². The fraction of sp³-hybridized carbons (Fsp3) is 0.700. The highest BCUT2D eigenvalue weighted by Crippen LogP contribution is 2.61.